The number of hydrogen-bond acceptors (Lipinski definition) is 2. The van der Waals surface area contributed by atoms with Crippen molar-refractivity contribution in [1.29, 1.82) is 0 Å². The SMILES string of the molecule is CC(N)(O)c1ccc(F)cc1. The van der Waals surface area contributed by atoms with Gasteiger partial charge in [-0.2, -0.15) is 0 Å². The molecule has 0 fully saturated rings. The molecule has 60 valence electrons. The molecule has 1 atom stereocenters. The summed E-state index contributed by atoms with van der Waals surface area (Å²) in [5.41, 5.74) is 4.46. The van der Waals surface area contributed by atoms with E-state index in [1.807, 2.05) is 0 Å². The summed E-state index contributed by atoms with van der Waals surface area (Å²) in [6.07, 6.45) is 0. The molecule has 1 aromatic rings. The summed E-state index contributed by atoms with van der Waals surface area (Å²) in [5, 5.41) is 9.24. The molecule has 0 radical (unpaired) electrons. The van der Waals surface area contributed by atoms with Crippen LogP contribution in [0.3, 0.4) is 0 Å². The minimum Gasteiger partial charge on any atom is -0.372 e. The lowest BCUT2D eigenvalue weighted by atomic mass is 10.1. The molecule has 3 N–H and O–H groups in total. The Hall–Kier alpha value is -0.930. The number of benzene rings is 1. The zero-order chi connectivity index (χ0) is 8.48. The van der Waals surface area contributed by atoms with E-state index in [0.29, 0.717) is 5.56 Å². The van der Waals surface area contributed by atoms with E-state index in [9.17, 15) is 9.50 Å². The summed E-state index contributed by atoms with van der Waals surface area (Å²) in [6.45, 7) is 1.44. The van der Waals surface area contributed by atoms with Gasteiger partial charge in [-0.25, -0.2) is 4.39 Å². The van der Waals surface area contributed by atoms with Crippen LogP contribution in [-0.2, 0) is 5.72 Å². The number of nitrogens with two attached hydrogens (primary N) is 1. The average Bonchev–Trinajstić information content (AvgIpc) is 1.86. The van der Waals surface area contributed by atoms with Gasteiger partial charge in [-0.1, -0.05) is 12.1 Å². The van der Waals surface area contributed by atoms with Crippen molar-refractivity contribution < 1.29 is 9.50 Å². The van der Waals surface area contributed by atoms with Gasteiger partial charge in [0.2, 0.25) is 0 Å². The van der Waals surface area contributed by atoms with E-state index >= 15 is 0 Å². The fraction of sp³-hybridized carbons (Fsp3) is 0.250. The molecule has 0 heterocycles. The molecule has 0 spiro atoms. The Bertz CT molecular complexity index is 237. The molecular formula is C8H10FNO. The van der Waals surface area contributed by atoms with E-state index < -0.39 is 5.72 Å². The molecule has 1 unspecified atom stereocenters. The number of hydrogen-bond donors (Lipinski definition) is 2. The standard InChI is InChI=1S/C8H10FNO/c1-8(10,11)6-2-4-7(9)5-3-6/h2-5,11H,10H2,1H3. The zero-order valence-corrected chi connectivity index (χ0v) is 6.21. The predicted molar refractivity (Wildman–Crippen MR) is 40.2 cm³/mol. The molecule has 0 aromatic heterocycles. The van der Waals surface area contributed by atoms with Crippen LogP contribution < -0.4 is 5.73 Å². The second-order valence-corrected chi connectivity index (χ2v) is 2.65. The van der Waals surface area contributed by atoms with Crippen LogP contribution in [0.5, 0.6) is 0 Å². The van der Waals surface area contributed by atoms with Gasteiger partial charge in [0.25, 0.3) is 0 Å². The van der Waals surface area contributed by atoms with Gasteiger partial charge < -0.3 is 10.8 Å². The summed E-state index contributed by atoms with van der Waals surface area (Å²) < 4.78 is 12.4. The van der Waals surface area contributed by atoms with Gasteiger partial charge in [0.1, 0.15) is 11.5 Å². The molecule has 2 nitrogen and oxygen atoms in total. The third-order valence-corrected chi connectivity index (χ3v) is 1.43. The minimum atomic E-state index is -1.38. The van der Waals surface area contributed by atoms with Gasteiger partial charge in [-0.05, 0) is 24.6 Å². The Morgan fingerprint density at radius 3 is 2.18 bits per heavy atom. The fourth-order valence-corrected chi connectivity index (χ4v) is 0.787. The van der Waals surface area contributed by atoms with Crippen LogP contribution in [-0.4, -0.2) is 5.11 Å². The highest BCUT2D eigenvalue weighted by atomic mass is 19.1. The smallest absolute Gasteiger partial charge is 0.136 e. The Balaban J connectivity index is 2.99. The number of halogens is 1. The van der Waals surface area contributed by atoms with E-state index in [0.717, 1.165) is 0 Å². The lowest BCUT2D eigenvalue weighted by Crippen LogP contribution is -2.32. The highest BCUT2D eigenvalue weighted by Gasteiger charge is 2.15. The minimum absolute atomic E-state index is 0.335. The summed E-state index contributed by atoms with van der Waals surface area (Å²) in [6, 6.07) is 5.43. The molecule has 0 saturated heterocycles. The molecule has 0 aliphatic heterocycles. The van der Waals surface area contributed by atoms with Crippen molar-refractivity contribution in [3.8, 4) is 0 Å². The molecule has 1 aromatic carbocycles. The Kier molecular flexibility index (Phi) is 1.93. The molecule has 0 bridgehead atoms. The molecule has 0 aliphatic carbocycles. The van der Waals surface area contributed by atoms with Crippen LogP contribution in [0.2, 0.25) is 0 Å². The predicted octanol–water partition coefficient (Wildman–Crippen LogP) is 0.949. The van der Waals surface area contributed by atoms with Gasteiger partial charge in [0.15, 0.2) is 0 Å². The van der Waals surface area contributed by atoms with Gasteiger partial charge in [0.05, 0.1) is 0 Å². The summed E-state index contributed by atoms with van der Waals surface area (Å²) >= 11 is 0. The van der Waals surface area contributed by atoms with E-state index in [-0.39, 0.29) is 5.82 Å². The lowest BCUT2D eigenvalue weighted by molar-refractivity contribution is 0.0646. The van der Waals surface area contributed by atoms with Gasteiger partial charge >= 0.3 is 0 Å². The summed E-state index contributed by atoms with van der Waals surface area (Å²) in [4.78, 5) is 0. The molecule has 0 aliphatic rings. The number of rotatable bonds is 1. The first kappa shape index (κ1) is 8.17. The van der Waals surface area contributed by atoms with E-state index in [2.05, 4.69) is 0 Å². The van der Waals surface area contributed by atoms with Gasteiger partial charge in [0, 0.05) is 0 Å². The second-order valence-electron chi connectivity index (χ2n) is 2.65. The normalized spacial score (nSPS) is 16.0. The van der Waals surface area contributed by atoms with Gasteiger partial charge in [-0.3, -0.25) is 0 Å². The molecule has 11 heavy (non-hydrogen) atoms. The third kappa shape index (κ3) is 2.00. The highest BCUT2D eigenvalue weighted by molar-refractivity contribution is 5.20. The molecular weight excluding hydrogens is 145 g/mol. The Morgan fingerprint density at radius 1 is 1.36 bits per heavy atom. The molecule has 3 heteroatoms. The van der Waals surface area contributed by atoms with Gasteiger partial charge in [-0.15, -0.1) is 0 Å². The maximum atomic E-state index is 12.4. The lowest BCUT2D eigenvalue weighted by Gasteiger charge is -2.16. The maximum absolute atomic E-state index is 12.4. The van der Waals surface area contributed by atoms with Crippen molar-refractivity contribution in [3.05, 3.63) is 35.6 Å². The van der Waals surface area contributed by atoms with Crippen LogP contribution >= 0.6 is 0 Å². The van der Waals surface area contributed by atoms with E-state index in [1.54, 1.807) is 0 Å². The van der Waals surface area contributed by atoms with Crippen LogP contribution in [0.4, 0.5) is 4.39 Å². The van der Waals surface area contributed by atoms with Crippen molar-refractivity contribution in [2.45, 2.75) is 12.6 Å². The molecule has 0 saturated carbocycles. The first-order valence-electron chi connectivity index (χ1n) is 3.27. The topological polar surface area (TPSA) is 46.2 Å². The van der Waals surface area contributed by atoms with Crippen LogP contribution in [0.15, 0.2) is 24.3 Å². The van der Waals surface area contributed by atoms with Crippen LogP contribution in [0, 0.1) is 5.82 Å². The molecule has 0 amide bonds. The summed E-state index contributed by atoms with van der Waals surface area (Å²) in [7, 11) is 0. The summed E-state index contributed by atoms with van der Waals surface area (Å²) in [5.74, 6) is -0.335. The quantitative estimate of drug-likeness (QED) is 0.593. The second kappa shape index (κ2) is 2.60. The Morgan fingerprint density at radius 2 is 1.82 bits per heavy atom. The van der Waals surface area contributed by atoms with Crippen molar-refractivity contribution in [3.63, 3.8) is 0 Å². The highest BCUT2D eigenvalue weighted by Crippen LogP contribution is 2.13. The Labute approximate surface area is 64.5 Å². The van der Waals surface area contributed by atoms with Crippen LogP contribution in [0.25, 0.3) is 0 Å². The first-order valence-corrected chi connectivity index (χ1v) is 3.27. The third-order valence-electron chi connectivity index (χ3n) is 1.43. The number of aliphatic hydroxyl groups is 1. The van der Waals surface area contributed by atoms with E-state index in [1.165, 1.54) is 31.2 Å². The zero-order valence-electron chi connectivity index (χ0n) is 6.21. The van der Waals surface area contributed by atoms with Crippen molar-refractivity contribution in [2.24, 2.45) is 5.73 Å². The van der Waals surface area contributed by atoms with E-state index in [4.69, 9.17) is 5.73 Å². The monoisotopic (exact) mass is 155 g/mol. The average molecular weight is 155 g/mol. The van der Waals surface area contributed by atoms with Crippen molar-refractivity contribution in [1.82, 2.24) is 0 Å². The van der Waals surface area contributed by atoms with Crippen molar-refractivity contribution >= 4 is 0 Å². The largest absolute Gasteiger partial charge is 0.372 e. The van der Waals surface area contributed by atoms with Crippen LogP contribution in [0.1, 0.15) is 12.5 Å². The first-order chi connectivity index (χ1) is 5.00. The van der Waals surface area contributed by atoms with Crippen molar-refractivity contribution in [2.75, 3.05) is 0 Å². The maximum Gasteiger partial charge on any atom is 0.136 e. The molecule has 1 rings (SSSR count). The fourth-order valence-electron chi connectivity index (χ4n) is 0.787.